The number of nitrogens with two attached hydrogens (primary N) is 1. The van der Waals surface area contributed by atoms with Crippen LogP contribution in [0.15, 0.2) is 53.4 Å². The fourth-order valence-corrected chi connectivity index (χ4v) is 4.70. The fraction of sp³-hybridized carbons (Fsp3) is 0.435. The third-order valence-electron chi connectivity index (χ3n) is 5.27. The first-order valence-electron chi connectivity index (χ1n) is 10.5. The lowest BCUT2D eigenvalue weighted by Crippen LogP contribution is -2.86. The second-order valence-corrected chi connectivity index (χ2v) is 9.65. The van der Waals surface area contributed by atoms with Gasteiger partial charge in [0.2, 0.25) is 10.0 Å². The van der Waals surface area contributed by atoms with Crippen molar-refractivity contribution in [2.75, 3.05) is 25.0 Å². The molecule has 2 aromatic rings. The lowest BCUT2D eigenvalue weighted by atomic mass is 10.0. The molecule has 0 unspecified atom stereocenters. The number of hydrogen-bond donors (Lipinski definition) is 2. The number of sulfonamides is 1. The summed E-state index contributed by atoms with van der Waals surface area (Å²) in [7, 11) is -3.45. The normalized spacial score (nSPS) is 12.9. The molecule has 0 saturated carbocycles. The second-order valence-electron chi connectivity index (χ2n) is 7.71. The van der Waals surface area contributed by atoms with Crippen molar-refractivity contribution < 1.29 is 18.5 Å². The molecule has 1 amide bonds. The molecule has 6 nitrogen and oxygen atoms in total. The van der Waals surface area contributed by atoms with Crippen molar-refractivity contribution in [3.05, 3.63) is 59.7 Å². The zero-order valence-electron chi connectivity index (χ0n) is 18.6. The standard InChI is InChI=1S/C23H33N3O3S/c1-6-26(7-2)30(28,29)22-14-10-20(11-15-22)18(5)24-16-23(27)25-21-12-8-19(9-13-21)17(3)4/h8-15,17-18,24H,6-7,16H2,1-5H3,(H,25,27)/p+1/t18-/m0/s1. The van der Waals surface area contributed by atoms with Crippen molar-refractivity contribution in [3.8, 4) is 0 Å². The smallest absolute Gasteiger partial charge is 0.279 e. The van der Waals surface area contributed by atoms with Crippen LogP contribution in [0.5, 0.6) is 0 Å². The van der Waals surface area contributed by atoms with E-state index in [0.29, 0.717) is 23.9 Å². The molecule has 2 aromatic carbocycles. The number of benzene rings is 2. The van der Waals surface area contributed by atoms with Gasteiger partial charge in [-0.15, -0.1) is 0 Å². The summed E-state index contributed by atoms with van der Waals surface area (Å²) in [6, 6.07) is 14.9. The molecule has 0 heterocycles. The lowest BCUT2D eigenvalue weighted by Gasteiger charge is -2.19. The van der Waals surface area contributed by atoms with E-state index in [-0.39, 0.29) is 18.5 Å². The van der Waals surface area contributed by atoms with Crippen LogP contribution in [0.1, 0.15) is 57.7 Å². The van der Waals surface area contributed by atoms with Gasteiger partial charge in [0.1, 0.15) is 6.04 Å². The molecule has 0 aliphatic carbocycles. The van der Waals surface area contributed by atoms with Gasteiger partial charge in [0.05, 0.1) is 4.90 Å². The van der Waals surface area contributed by atoms with Gasteiger partial charge in [-0.25, -0.2) is 8.42 Å². The zero-order chi connectivity index (χ0) is 22.3. The Morgan fingerprint density at radius 3 is 1.97 bits per heavy atom. The number of nitrogens with zero attached hydrogens (tertiary/aromatic N) is 1. The van der Waals surface area contributed by atoms with Crippen molar-refractivity contribution in [1.82, 2.24) is 4.31 Å². The summed E-state index contributed by atoms with van der Waals surface area (Å²) in [5.41, 5.74) is 3.00. The molecule has 0 saturated heterocycles. The third-order valence-corrected chi connectivity index (χ3v) is 7.33. The van der Waals surface area contributed by atoms with E-state index in [2.05, 4.69) is 19.2 Å². The molecular formula is C23H34N3O3S+. The van der Waals surface area contributed by atoms with Crippen molar-refractivity contribution >= 4 is 21.6 Å². The second kappa shape index (κ2) is 10.7. The quantitative estimate of drug-likeness (QED) is 0.605. The van der Waals surface area contributed by atoms with Crippen LogP contribution in [-0.4, -0.2) is 38.3 Å². The Hall–Kier alpha value is -2.22. The summed E-state index contributed by atoms with van der Waals surface area (Å²) in [4.78, 5) is 12.6. The Kier molecular flexibility index (Phi) is 8.58. The number of carbonyl (C=O) groups excluding carboxylic acids is 1. The van der Waals surface area contributed by atoms with E-state index in [4.69, 9.17) is 0 Å². The summed E-state index contributed by atoms with van der Waals surface area (Å²) in [5.74, 6) is 0.386. The number of hydrogen-bond acceptors (Lipinski definition) is 3. The SMILES string of the molecule is CCN(CC)S(=O)(=O)c1ccc([C@H](C)[NH2+]CC(=O)Nc2ccc(C(C)C)cc2)cc1. The first-order chi connectivity index (χ1) is 14.2. The van der Waals surface area contributed by atoms with Gasteiger partial charge in [0, 0.05) is 24.3 Å². The number of quaternary nitrogens is 1. The van der Waals surface area contributed by atoms with E-state index in [0.717, 1.165) is 11.3 Å². The Labute approximate surface area is 180 Å². The molecule has 3 N–H and O–H groups in total. The van der Waals surface area contributed by atoms with Crippen LogP contribution in [0.4, 0.5) is 5.69 Å². The van der Waals surface area contributed by atoms with Crippen molar-refractivity contribution in [1.29, 1.82) is 0 Å². The molecule has 0 fully saturated rings. The molecule has 0 aliphatic rings. The van der Waals surface area contributed by atoms with Gasteiger partial charge in [-0.2, -0.15) is 4.31 Å². The molecule has 0 radical (unpaired) electrons. The maximum absolute atomic E-state index is 12.6. The minimum atomic E-state index is -3.45. The molecule has 1 atom stereocenters. The molecule has 2 rings (SSSR count). The summed E-state index contributed by atoms with van der Waals surface area (Å²) in [6.07, 6.45) is 0. The van der Waals surface area contributed by atoms with Gasteiger partial charge in [-0.05, 0) is 42.7 Å². The molecule has 0 spiro atoms. The predicted octanol–water partition coefficient (Wildman–Crippen LogP) is 3.10. The number of nitrogens with one attached hydrogen (secondary N) is 1. The topological polar surface area (TPSA) is 83.1 Å². The van der Waals surface area contributed by atoms with Gasteiger partial charge in [0.15, 0.2) is 6.54 Å². The van der Waals surface area contributed by atoms with E-state index >= 15 is 0 Å². The highest BCUT2D eigenvalue weighted by molar-refractivity contribution is 7.89. The van der Waals surface area contributed by atoms with Crippen LogP contribution in [0.25, 0.3) is 0 Å². The zero-order valence-corrected chi connectivity index (χ0v) is 19.4. The van der Waals surface area contributed by atoms with Crippen LogP contribution in [0.3, 0.4) is 0 Å². The van der Waals surface area contributed by atoms with Crippen LogP contribution in [0, 0.1) is 0 Å². The maximum Gasteiger partial charge on any atom is 0.279 e. The Bertz CT molecular complexity index is 919. The Morgan fingerprint density at radius 2 is 1.47 bits per heavy atom. The van der Waals surface area contributed by atoms with Gasteiger partial charge in [-0.1, -0.05) is 52.0 Å². The highest BCUT2D eigenvalue weighted by atomic mass is 32.2. The largest absolute Gasteiger partial charge is 0.333 e. The van der Waals surface area contributed by atoms with E-state index in [1.54, 1.807) is 12.1 Å². The average molecular weight is 433 g/mol. The van der Waals surface area contributed by atoms with E-state index in [9.17, 15) is 13.2 Å². The maximum atomic E-state index is 12.6. The van der Waals surface area contributed by atoms with Crippen molar-refractivity contribution in [2.24, 2.45) is 0 Å². The van der Waals surface area contributed by atoms with E-state index in [1.165, 1.54) is 9.87 Å². The number of carbonyl (C=O) groups is 1. The summed E-state index contributed by atoms with van der Waals surface area (Å²) >= 11 is 0. The fourth-order valence-electron chi connectivity index (χ4n) is 3.24. The van der Waals surface area contributed by atoms with E-state index < -0.39 is 10.0 Å². The van der Waals surface area contributed by atoms with Gasteiger partial charge in [0.25, 0.3) is 5.91 Å². The van der Waals surface area contributed by atoms with Crippen molar-refractivity contribution in [3.63, 3.8) is 0 Å². The first-order valence-corrected chi connectivity index (χ1v) is 12.0. The Morgan fingerprint density at radius 1 is 0.933 bits per heavy atom. The van der Waals surface area contributed by atoms with E-state index in [1.807, 2.05) is 62.5 Å². The molecule has 30 heavy (non-hydrogen) atoms. The number of anilines is 1. The molecule has 0 aliphatic heterocycles. The predicted molar refractivity (Wildman–Crippen MR) is 121 cm³/mol. The highest BCUT2D eigenvalue weighted by Gasteiger charge is 2.22. The first kappa shape index (κ1) is 24.1. The van der Waals surface area contributed by atoms with Gasteiger partial charge >= 0.3 is 0 Å². The van der Waals surface area contributed by atoms with Crippen LogP contribution >= 0.6 is 0 Å². The average Bonchev–Trinajstić information content (AvgIpc) is 2.73. The molecule has 7 heteroatoms. The highest BCUT2D eigenvalue weighted by Crippen LogP contribution is 2.19. The summed E-state index contributed by atoms with van der Waals surface area (Å²) in [5, 5.41) is 4.85. The van der Waals surface area contributed by atoms with Crippen LogP contribution in [-0.2, 0) is 14.8 Å². The lowest BCUT2D eigenvalue weighted by molar-refractivity contribution is -0.682. The third kappa shape index (κ3) is 6.14. The van der Waals surface area contributed by atoms with Gasteiger partial charge < -0.3 is 10.6 Å². The summed E-state index contributed by atoms with van der Waals surface area (Å²) < 4.78 is 26.6. The number of rotatable bonds is 10. The molecular weight excluding hydrogens is 398 g/mol. The molecule has 0 aromatic heterocycles. The van der Waals surface area contributed by atoms with Crippen molar-refractivity contribution in [2.45, 2.75) is 51.5 Å². The Balaban J connectivity index is 1.93. The molecule has 0 bridgehead atoms. The van der Waals surface area contributed by atoms with Gasteiger partial charge in [-0.3, -0.25) is 4.79 Å². The monoisotopic (exact) mass is 432 g/mol. The minimum Gasteiger partial charge on any atom is -0.333 e. The molecule has 164 valence electrons. The number of amides is 1. The van der Waals surface area contributed by atoms with Crippen LogP contribution < -0.4 is 10.6 Å². The summed E-state index contributed by atoms with van der Waals surface area (Å²) in [6.45, 7) is 11.1. The van der Waals surface area contributed by atoms with Crippen LogP contribution in [0.2, 0.25) is 0 Å². The minimum absolute atomic E-state index is 0.0317.